The molecule has 3 atom stereocenters. The third kappa shape index (κ3) is 4.06. The van der Waals surface area contributed by atoms with Gasteiger partial charge in [-0.15, -0.1) is 0 Å². The van der Waals surface area contributed by atoms with Gasteiger partial charge in [-0.25, -0.2) is 9.37 Å². The number of hydrogen-bond donors (Lipinski definition) is 0. The van der Waals surface area contributed by atoms with Crippen LogP contribution in [0.4, 0.5) is 13.2 Å². The van der Waals surface area contributed by atoms with E-state index in [1.165, 1.54) is 24.3 Å². The van der Waals surface area contributed by atoms with E-state index in [2.05, 4.69) is 4.98 Å². The maximum absolute atomic E-state index is 15.2. The summed E-state index contributed by atoms with van der Waals surface area (Å²) >= 11 is 0. The highest BCUT2D eigenvalue weighted by Crippen LogP contribution is 2.53. The first-order valence-electron chi connectivity index (χ1n) is 13.9. The number of aromatic nitrogens is 2. The summed E-state index contributed by atoms with van der Waals surface area (Å²) in [5.41, 5.74) is 2.30. The molecule has 6 rings (SSSR count). The number of carbonyl (C=O) groups excluding carboxylic acids is 1. The zero-order chi connectivity index (χ0) is 30.3. The van der Waals surface area contributed by atoms with E-state index in [0.717, 1.165) is 4.90 Å². The van der Waals surface area contributed by atoms with Crippen LogP contribution < -0.4 is 4.74 Å². The fourth-order valence-corrected chi connectivity index (χ4v) is 6.55. The summed E-state index contributed by atoms with van der Waals surface area (Å²) in [5.74, 6) is -1.20. The minimum Gasteiger partial charge on any atom is -0.434 e. The van der Waals surface area contributed by atoms with Crippen LogP contribution in [0.5, 0.6) is 5.75 Å². The number of alkyl halides is 2. The fourth-order valence-electron chi connectivity index (χ4n) is 5.67. The van der Waals surface area contributed by atoms with E-state index in [0.29, 0.717) is 33.5 Å². The van der Waals surface area contributed by atoms with Crippen molar-refractivity contribution in [2.24, 2.45) is 0 Å². The third-order valence-corrected chi connectivity index (χ3v) is 10.0. The van der Waals surface area contributed by atoms with Crippen LogP contribution in [0.1, 0.15) is 62.5 Å². The highest BCUT2D eigenvalue weighted by molar-refractivity contribution is 7.62. The molecule has 4 aromatic rings. The van der Waals surface area contributed by atoms with Crippen LogP contribution >= 0.6 is 7.14 Å². The Balaban J connectivity index is 1.54. The normalized spacial score (nSPS) is 20.7. The van der Waals surface area contributed by atoms with E-state index >= 15 is 4.39 Å². The lowest BCUT2D eigenvalue weighted by Gasteiger charge is -2.24. The van der Waals surface area contributed by atoms with Gasteiger partial charge in [0.05, 0.1) is 30.3 Å². The number of rotatable bonds is 5. The first kappa shape index (κ1) is 22.3. The molecule has 10 heteroatoms. The average molecular weight is 557 g/mol. The van der Waals surface area contributed by atoms with Crippen molar-refractivity contribution < 1.29 is 31.4 Å². The predicted octanol–water partition coefficient (Wildman–Crippen LogP) is 7.25. The minimum atomic E-state index is -3.16. The largest absolute Gasteiger partial charge is 0.434 e. The van der Waals surface area contributed by atoms with Crippen molar-refractivity contribution in [3.63, 3.8) is 0 Å². The molecule has 0 saturated heterocycles. The predicted molar refractivity (Wildman–Crippen MR) is 144 cm³/mol. The van der Waals surface area contributed by atoms with Gasteiger partial charge in [0.15, 0.2) is 0 Å². The number of halogens is 3. The zero-order valence-corrected chi connectivity index (χ0v) is 22.3. The number of fused-ring (bicyclic) bond motifs is 9. The van der Waals surface area contributed by atoms with Crippen LogP contribution in [0.3, 0.4) is 0 Å². The van der Waals surface area contributed by atoms with Gasteiger partial charge in [0.1, 0.15) is 17.4 Å². The van der Waals surface area contributed by atoms with Crippen molar-refractivity contribution in [1.82, 2.24) is 14.5 Å². The number of imidazole rings is 1. The average Bonchev–Trinajstić information content (AvgIpc) is 3.39. The van der Waals surface area contributed by atoms with Crippen LogP contribution in [0.25, 0.3) is 22.2 Å². The van der Waals surface area contributed by atoms with Crippen molar-refractivity contribution >= 4 is 24.1 Å². The lowest BCUT2D eigenvalue weighted by Crippen LogP contribution is -2.30. The van der Waals surface area contributed by atoms with Gasteiger partial charge < -0.3 is 18.8 Å². The van der Waals surface area contributed by atoms with E-state index < -0.39 is 50.2 Å². The van der Waals surface area contributed by atoms with E-state index in [-0.39, 0.29) is 23.3 Å². The quantitative estimate of drug-likeness (QED) is 0.243. The molecule has 3 heterocycles. The van der Waals surface area contributed by atoms with Crippen LogP contribution in [-0.4, -0.2) is 47.3 Å². The second-order valence-electron chi connectivity index (χ2n) is 10.4. The minimum absolute atomic E-state index is 0.0312. The summed E-state index contributed by atoms with van der Waals surface area (Å²) in [7, 11) is -2.58. The molecule has 2 aliphatic heterocycles. The smallest absolute Gasteiger partial charge is 0.387 e. The molecule has 2 aliphatic rings. The van der Waals surface area contributed by atoms with Gasteiger partial charge in [0.25, 0.3) is 5.91 Å². The van der Waals surface area contributed by atoms with Gasteiger partial charge in [0.2, 0.25) is 0 Å². The van der Waals surface area contributed by atoms with E-state index in [1.54, 1.807) is 55.2 Å². The van der Waals surface area contributed by atoms with Crippen molar-refractivity contribution in [2.45, 2.75) is 37.7 Å². The Kier molecular flexibility index (Phi) is 5.13. The number of nitrogens with zero attached hydrogens (tertiary/aromatic N) is 3. The number of hydrogen-bond acceptors (Lipinski definition) is 4. The second-order valence-corrected chi connectivity index (χ2v) is 14.1. The maximum atomic E-state index is 15.2. The number of ether oxygens (including phenoxy) is 1. The highest BCUT2D eigenvalue weighted by atomic mass is 31.2. The molecule has 2 bridgehead atoms. The lowest BCUT2D eigenvalue weighted by molar-refractivity contribution is -0.0507. The monoisotopic (exact) mass is 556 g/mol. The molecule has 1 aromatic heterocycles. The Morgan fingerprint density at radius 1 is 1.10 bits per heavy atom. The molecule has 3 aromatic carbocycles. The standard InChI is InChI=1S/C29H27F3N3O3P/c1-15(39(3,4)37)18-10-8-16(12-20(18)30)17-9-11-21-22(13-17)35-23-14-24(27(35)33-21)34(2)28(36)19-6-5-7-25(26(19)23)38-29(31)32/h5-13,15,23-24,29H,14H2,1-4H3/t15-,23+,24+/m0/s1/i2D3. The van der Waals surface area contributed by atoms with Crippen molar-refractivity contribution in [1.29, 1.82) is 0 Å². The molecule has 0 aliphatic carbocycles. The molecular weight excluding hydrogens is 526 g/mol. The molecule has 0 saturated carbocycles. The van der Waals surface area contributed by atoms with Gasteiger partial charge in [-0.05, 0) is 60.4 Å². The number of carbonyl (C=O) groups is 1. The molecule has 0 N–H and O–H groups in total. The fraction of sp³-hybridized carbons (Fsp3) is 0.310. The molecular formula is C29H27F3N3O3P. The summed E-state index contributed by atoms with van der Waals surface area (Å²) in [6.45, 7) is -1.02. The molecule has 0 spiro atoms. The first-order chi connectivity index (χ1) is 19.7. The maximum Gasteiger partial charge on any atom is 0.387 e. The SMILES string of the molecule is [2H]C([2H])([2H])N1C(=O)c2cccc(OC(F)F)c2[C@H]2C[C@@H]1c1nc3ccc(-c4ccc([C@H](C)P(C)(C)=O)c(F)c4)cc3n12. The van der Waals surface area contributed by atoms with Crippen LogP contribution in [0, 0.1) is 5.82 Å². The highest BCUT2D eigenvalue weighted by Gasteiger charge is 2.45. The van der Waals surface area contributed by atoms with Crippen LogP contribution in [-0.2, 0) is 4.57 Å². The Labute approximate surface area is 228 Å². The Bertz CT molecular complexity index is 1800. The molecule has 0 unspecified atom stereocenters. The molecule has 0 radical (unpaired) electrons. The van der Waals surface area contributed by atoms with E-state index in [9.17, 15) is 18.1 Å². The first-order valence-corrected chi connectivity index (χ1v) is 15.1. The number of benzene rings is 3. The van der Waals surface area contributed by atoms with Crippen LogP contribution in [0.2, 0.25) is 0 Å². The molecule has 1 amide bonds. The van der Waals surface area contributed by atoms with Gasteiger partial charge in [-0.3, -0.25) is 4.79 Å². The lowest BCUT2D eigenvalue weighted by atomic mass is 9.97. The van der Waals surface area contributed by atoms with Gasteiger partial charge in [-0.1, -0.05) is 31.2 Å². The Morgan fingerprint density at radius 2 is 1.85 bits per heavy atom. The summed E-state index contributed by atoms with van der Waals surface area (Å²) in [5, 5.41) is 0. The molecule has 6 nitrogen and oxygen atoms in total. The summed E-state index contributed by atoms with van der Waals surface area (Å²) in [6.07, 6.45) is 0.0958. The van der Waals surface area contributed by atoms with Crippen LogP contribution in [0.15, 0.2) is 54.6 Å². The molecule has 39 heavy (non-hydrogen) atoms. The molecule has 0 fully saturated rings. The third-order valence-electron chi connectivity index (χ3n) is 7.87. The summed E-state index contributed by atoms with van der Waals surface area (Å²) < 4.78 is 85.6. The molecule has 202 valence electrons. The van der Waals surface area contributed by atoms with Gasteiger partial charge >= 0.3 is 6.61 Å². The van der Waals surface area contributed by atoms with Gasteiger partial charge in [-0.2, -0.15) is 8.78 Å². The van der Waals surface area contributed by atoms with Gasteiger partial charge in [0, 0.05) is 34.3 Å². The van der Waals surface area contributed by atoms with Crippen molar-refractivity contribution in [3.05, 3.63) is 82.9 Å². The zero-order valence-electron chi connectivity index (χ0n) is 24.4. The van der Waals surface area contributed by atoms with E-state index in [4.69, 9.17) is 8.85 Å². The Hall–Kier alpha value is -3.58. The topological polar surface area (TPSA) is 64.4 Å². The van der Waals surface area contributed by atoms with E-state index in [1.807, 2.05) is 0 Å². The summed E-state index contributed by atoms with van der Waals surface area (Å²) in [4.78, 5) is 19.0. The summed E-state index contributed by atoms with van der Waals surface area (Å²) in [6, 6.07) is 12.4. The second kappa shape index (κ2) is 8.98. The van der Waals surface area contributed by atoms with Crippen molar-refractivity contribution in [2.75, 3.05) is 20.3 Å². The number of amides is 1. The Morgan fingerprint density at radius 3 is 2.54 bits per heavy atom. The van der Waals surface area contributed by atoms with Crippen molar-refractivity contribution in [3.8, 4) is 16.9 Å².